The molecule has 0 N–H and O–H groups in total. The van der Waals surface area contributed by atoms with Gasteiger partial charge in [-0.2, -0.15) is 0 Å². The van der Waals surface area contributed by atoms with Crippen molar-refractivity contribution in [3.63, 3.8) is 0 Å². The molecule has 0 saturated heterocycles. The Morgan fingerprint density at radius 3 is 2.44 bits per heavy atom. The van der Waals surface area contributed by atoms with Gasteiger partial charge in [0, 0.05) is 10.6 Å². The van der Waals surface area contributed by atoms with Gasteiger partial charge in [-0.1, -0.05) is 47.2 Å². The first-order chi connectivity index (χ1) is 15.6. The van der Waals surface area contributed by atoms with Crippen LogP contribution in [0.2, 0.25) is 0 Å². The van der Waals surface area contributed by atoms with Gasteiger partial charge in [0.15, 0.2) is 5.16 Å². The van der Waals surface area contributed by atoms with Crippen molar-refractivity contribution >= 4 is 33.3 Å². The van der Waals surface area contributed by atoms with Crippen molar-refractivity contribution < 1.29 is 4.74 Å². The smallest absolute Gasteiger partial charge is 0.267 e. The summed E-state index contributed by atoms with van der Waals surface area (Å²) in [4.78, 5) is 20.9. The molecular weight excluding hydrogens is 436 g/mol. The zero-order valence-electron chi connectivity index (χ0n) is 18.4. The van der Waals surface area contributed by atoms with E-state index >= 15 is 0 Å². The van der Waals surface area contributed by atoms with Gasteiger partial charge in [-0.05, 0) is 69.4 Å². The molecule has 1 aliphatic rings. The van der Waals surface area contributed by atoms with Crippen molar-refractivity contribution in [2.24, 2.45) is 0 Å². The molecule has 2 heterocycles. The highest BCUT2D eigenvalue weighted by Gasteiger charge is 2.22. The molecule has 0 atom stereocenters. The molecule has 0 fully saturated rings. The van der Waals surface area contributed by atoms with Crippen molar-refractivity contribution in [3.05, 3.63) is 80.5 Å². The topological polar surface area (TPSA) is 44.1 Å². The van der Waals surface area contributed by atoms with E-state index in [1.54, 1.807) is 27.7 Å². The van der Waals surface area contributed by atoms with E-state index in [1.165, 1.54) is 28.0 Å². The lowest BCUT2D eigenvalue weighted by molar-refractivity contribution is 0.344. The molecule has 1 aliphatic carbocycles. The van der Waals surface area contributed by atoms with E-state index in [4.69, 9.17) is 9.72 Å². The number of hydrogen-bond donors (Lipinski definition) is 0. The minimum atomic E-state index is 0.0557. The van der Waals surface area contributed by atoms with Crippen molar-refractivity contribution in [1.29, 1.82) is 0 Å². The fourth-order valence-corrected chi connectivity index (χ4v) is 6.26. The Balaban J connectivity index is 1.48. The van der Waals surface area contributed by atoms with Gasteiger partial charge >= 0.3 is 0 Å². The van der Waals surface area contributed by atoms with E-state index in [2.05, 4.69) is 13.8 Å². The SMILES string of the molecule is Cc1ccc(OCCSc2nc3sc4c(c3c(=O)n2-c2ccc(C)cc2)CCCC4)cc1. The van der Waals surface area contributed by atoms with Gasteiger partial charge in [0.05, 0.1) is 17.7 Å². The summed E-state index contributed by atoms with van der Waals surface area (Å²) in [7, 11) is 0. The van der Waals surface area contributed by atoms with Crippen LogP contribution < -0.4 is 10.3 Å². The molecule has 4 nitrogen and oxygen atoms in total. The molecule has 4 aromatic rings. The largest absolute Gasteiger partial charge is 0.493 e. The number of fused-ring (bicyclic) bond motifs is 3. The van der Waals surface area contributed by atoms with Crippen molar-refractivity contribution in [2.45, 2.75) is 44.7 Å². The Hall–Kier alpha value is -2.57. The van der Waals surface area contributed by atoms with E-state index in [0.29, 0.717) is 12.4 Å². The fourth-order valence-electron chi connectivity index (χ4n) is 4.13. The molecule has 164 valence electrons. The van der Waals surface area contributed by atoms with Crippen LogP contribution in [0, 0.1) is 13.8 Å². The van der Waals surface area contributed by atoms with Crippen LogP contribution in [0.3, 0.4) is 0 Å². The number of aryl methyl sites for hydroxylation is 4. The van der Waals surface area contributed by atoms with E-state index in [1.807, 2.05) is 48.5 Å². The van der Waals surface area contributed by atoms with Crippen LogP contribution in [0.1, 0.15) is 34.4 Å². The molecule has 0 radical (unpaired) electrons. The first-order valence-electron chi connectivity index (χ1n) is 11.1. The standard InChI is InChI=1S/C26H26N2O2S2/c1-17-7-11-19(12-8-17)28-25(29)23-21-5-3-4-6-22(21)32-24(23)27-26(28)31-16-15-30-20-13-9-18(2)10-14-20/h7-14H,3-6,15-16H2,1-2H3. The summed E-state index contributed by atoms with van der Waals surface area (Å²) < 4.78 is 7.69. The summed E-state index contributed by atoms with van der Waals surface area (Å²) in [5, 5.41) is 1.56. The Kier molecular flexibility index (Phi) is 6.07. The molecular formula is C26H26N2O2S2. The van der Waals surface area contributed by atoms with E-state index in [0.717, 1.165) is 46.1 Å². The zero-order chi connectivity index (χ0) is 22.1. The third-order valence-corrected chi connectivity index (χ3v) is 7.94. The van der Waals surface area contributed by atoms with Crippen LogP contribution in [0.4, 0.5) is 0 Å². The maximum absolute atomic E-state index is 13.7. The van der Waals surface area contributed by atoms with Crippen LogP contribution in [-0.4, -0.2) is 21.9 Å². The van der Waals surface area contributed by atoms with Crippen LogP contribution in [-0.2, 0) is 12.8 Å². The van der Waals surface area contributed by atoms with E-state index in [-0.39, 0.29) is 5.56 Å². The summed E-state index contributed by atoms with van der Waals surface area (Å²) in [5.41, 5.74) is 4.54. The van der Waals surface area contributed by atoms with E-state index in [9.17, 15) is 4.79 Å². The quantitative estimate of drug-likeness (QED) is 0.197. The molecule has 0 aliphatic heterocycles. The average Bonchev–Trinajstić information content (AvgIpc) is 3.17. The van der Waals surface area contributed by atoms with Crippen LogP contribution in [0.15, 0.2) is 58.5 Å². The van der Waals surface area contributed by atoms with Gasteiger partial charge in [-0.15, -0.1) is 11.3 Å². The van der Waals surface area contributed by atoms with Gasteiger partial charge in [-0.3, -0.25) is 9.36 Å². The number of thioether (sulfide) groups is 1. The average molecular weight is 463 g/mol. The van der Waals surface area contributed by atoms with Gasteiger partial charge < -0.3 is 4.74 Å². The maximum atomic E-state index is 13.7. The molecule has 32 heavy (non-hydrogen) atoms. The lowest BCUT2D eigenvalue weighted by Crippen LogP contribution is -2.22. The molecule has 5 rings (SSSR count). The lowest BCUT2D eigenvalue weighted by Gasteiger charge is -2.14. The molecule has 2 aromatic heterocycles. The highest BCUT2D eigenvalue weighted by Crippen LogP contribution is 2.35. The molecule has 0 unspecified atom stereocenters. The molecule has 6 heteroatoms. The second-order valence-corrected chi connectivity index (χ2v) is 10.4. The van der Waals surface area contributed by atoms with Crippen LogP contribution >= 0.6 is 23.1 Å². The molecule has 0 saturated carbocycles. The third-order valence-electron chi connectivity index (χ3n) is 5.85. The highest BCUT2D eigenvalue weighted by molar-refractivity contribution is 7.99. The third kappa shape index (κ3) is 4.21. The molecule has 0 bridgehead atoms. The number of hydrogen-bond acceptors (Lipinski definition) is 5. The maximum Gasteiger partial charge on any atom is 0.267 e. The summed E-state index contributed by atoms with van der Waals surface area (Å²) >= 11 is 3.28. The van der Waals surface area contributed by atoms with Crippen molar-refractivity contribution in [2.75, 3.05) is 12.4 Å². The zero-order valence-corrected chi connectivity index (χ0v) is 20.0. The number of rotatable bonds is 6. The number of benzene rings is 2. The number of nitrogens with zero attached hydrogens (tertiary/aromatic N) is 2. The highest BCUT2D eigenvalue weighted by atomic mass is 32.2. The second-order valence-electron chi connectivity index (χ2n) is 8.27. The van der Waals surface area contributed by atoms with Crippen molar-refractivity contribution in [1.82, 2.24) is 9.55 Å². The molecule has 0 spiro atoms. The predicted octanol–water partition coefficient (Wildman–Crippen LogP) is 6.11. The van der Waals surface area contributed by atoms with Crippen LogP contribution in [0.25, 0.3) is 15.9 Å². The number of thiophene rings is 1. The first kappa shape index (κ1) is 21.3. The molecule has 2 aromatic carbocycles. The summed E-state index contributed by atoms with van der Waals surface area (Å²) in [5.74, 6) is 1.57. The van der Waals surface area contributed by atoms with Gasteiger partial charge in [0.1, 0.15) is 10.6 Å². The molecule has 0 amide bonds. The van der Waals surface area contributed by atoms with Crippen molar-refractivity contribution in [3.8, 4) is 11.4 Å². The monoisotopic (exact) mass is 462 g/mol. The predicted molar refractivity (Wildman–Crippen MR) is 134 cm³/mol. The summed E-state index contributed by atoms with van der Waals surface area (Å²) in [6.07, 6.45) is 4.39. The minimum absolute atomic E-state index is 0.0557. The van der Waals surface area contributed by atoms with Gasteiger partial charge in [-0.25, -0.2) is 4.98 Å². The summed E-state index contributed by atoms with van der Waals surface area (Å²) in [6.45, 7) is 4.67. The van der Waals surface area contributed by atoms with Crippen LogP contribution in [0.5, 0.6) is 5.75 Å². The lowest BCUT2D eigenvalue weighted by atomic mass is 9.97. The Morgan fingerprint density at radius 1 is 1.00 bits per heavy atom. The Bertz CT molecular complexity index is 1310. The minimum Gasteiger partial charge on any atom is -0.493 e. The normalized spacial score (nSPS) is 13.3. The Morgan fingerprint density at radius 2 is 1.69 bits per heavy atom. The van der Waals surface area contributed by atoms with Gasteiger partial charge in [0.25, 0.3) is 5.56 Å². The first-order valence-corrected chi connectivity index (χ1v) is 12.9. The second kappa shape index (κ2) is 9.12. The summed E-state index contributed by atoms with van der Waals surface area (Å²) in [6, 6.07) is 16.2. The van der Waals surface area contributed by atoms with E-state index < -0.39 is 0 Å². The Labute approximate surface area is 196 Å². The fraction of sp³-hybridized carbons (Fsp3) is 0.308. The number of ether oxygens (including phenoxy) is 1. The number of aromatic nitrogens is 2. The van der Waals surface area contributed by atoms with Gasteiger partial charge in [0.2, 0.25) is 0 Å².